The SMILES string of the molecule is CC(C)c1nccn1CC(=O)N[C@H](Cc1ccccc1)c1ccc2c(c1)OCCO2. The quantitative estimate of drug-likeness (QED) is 0.648. The number of carbonyl (C=O) groups excluding carboxylic acids is 1. The van der Waals surface area contributed by atoms with Crippen molar-refractivity contribution in [3.8, 4) is 11.5 Å². The van der Waals surface area contributed by atoms with Crippen LogP contribution in [0.3, 0.4) is 0 Å². The summed E-state index contributed by atoms with van der Waals surface area (Å²) in [5.74, 6) is 2.58. The zero-order chi connectivity index (χ0) is 20.9. The predicted octanol–water partition coefficient (Wildman–Crippen LogP) is 3.88. The molecule has 0 saturated heterocycles. The standard InChI is InChI=1S/C24H27N3O3/c1-17(2)24-25-10-11-27(24)16-23(28)26-20(14-18-6-4-3-5-7-18)19-8-9-21-22(15-19)30-13-12-29-21/h3-11,15,17,20H,12-14,16H2,1-2H3,(H,26,28)/t20-/m1/s1. The lowest BCUT2D eigenvalue weighted by molar-refractivity contribution is -0.122. The van der Waals surface area contributed by atoms with Gasteiger partial charge in [-0.15, -0.1) is 0 Å². The van der Waals surface area contributed by atoms with E-state index < -0.39 is 0 Å². The van der Waals surface area contributed by atoms with Gasteiger partial charge in [-0.05, 0) is 29.7 Å². The summed E-state index contributed by atoms with van der Waals surface area (Å²) in [5.41, 5.74) is 2.15. The van der Waals surface area contributed by atoms with Gasteiger partial charge >= 0.3 is 0 Å². The molecule has 6 heteroatoms. The molecule has 0 radical (unpaired) electrons. The Morgan fingerprint density at radius 1 is 1.10 bits per heavy atom. The van der Waals surface area contributed by atoms with Crippen molar-refractivity contribution in [2.24, 2.45) is 0 Å². The van der Waals surface area contributed by atoms with Crippen molar-refractivity contribution in [1.82, 2.24) is 14.9 Å². The maximum Gasteiger partial charge on any atom is 0.240 e. The molecule has 3 aromatic rings. The molecule has 6 nitrogen and oxygen atoms in total. The van der Waals surface area contributed by atoms with E-state index in [1.807, 2.05) is 47.2 Å². The molecule has 2 heterocycles. The smallest absolute Gasteiger partial charge is 0.240 e. The van der Waals surface area contributed by atoms with E-state index in [1.165, 1.54) is 0 Å². The van der Waals surface area contributed by atoms with Crippen molar-refractivity contribution in [1.29, 1.82) is 0 Å². The van der Waals surface area contributed by atoms with Gasteiger partial charge in [-0.25, -0.2) is 4.98 Å². The highest BCUT2D eigenvalue weighted by molar-refractivity contribution is 5.76. The van der Waals surface area contributed by atoms with Gasteiger partial charge < -0.3 is 19.4 Å². The van der Waals surface area contributed by atoms with E-state index in [0.717, 1.165) is 28.5 Å². The predicted molar refractivity (Wildman–Crippen MR) is 115 cm³/mol. The third-order valence-electron chi connectivity index (χ3n) is 5.16. The summed E-state index contributed by atoms with van der Waals surface area (Å²) in [4.78, 5) is 17.3. The zero-order valence-corrected chi connectivity index (χ0v) is 17.4. The molecule has 0 bridgehead atoms. The lowest BCUT2D eigenvalue weighted by Gasteiger charge is -2.23. The number of nitrogens with zero attached hydrogens (tertiary/aromatic N) is 2. The first-order valence-corrected chi connectivity index (χ1v) is 10.3. The molecule has 0 saturated carbocycles. The Morgan fingerprint density at radius 2 is 1.87 bits per heavy atom. The Kier molecular flexibility index (Phi) is 6.02. The van der Waals surface area contributed by atoms with Gasteiger partial charge in [-0.1, -0.05) is 50.2 Å². The third kappa shape index (κ3) is 4.64. The number of hydrogen-bond donors (Lipinski definition) is 1. The number of hydrogen-bond acceptors (Lipinski definition) is 4. The molecule has 30 heavy (non-hydrogen) atoms. The summed E-state index contributed by atoms with van der Waals surface area (Å²) in [5, 5.41) is 3.21. The maximum atomic E-state index is 12.9. The van der Waals surface area contributed by atoms with Crippen molar-refractivity contribution in [3.63, 3.8) is 0 Å². The van der Waals surface area contributed by atoms with Crippen LogP contribution in [0.4, 0.5) is 0 Å². The third-order valence-corrected chi connectivity index (χ3v) is 5.16. The Hall–Kier alpha value is -3.28. The molecule has 1 atom stereocenters. The van der Waals surface area contributed by atoms with Crippen LogP contribution in [-0.4, -0.2) is 28.7 Å². The summed E-state index contributed by atoms with van der Waals surface area (Å²) >= 11 is 0. The minimum atomic E-state index is -0.179. The van der Waals surface area contributed by atoms with Gasteiger partial charge in [0.2, 0.25) is 5.91 Å². The molecule has 0 unspecified atom stereocenters. The second kappa shape index (κ2) is 9.03. The van der Waals surface area contributed by atoms with Gasteiger partial charge in [0, 0.05) is 18.3 Å². The largest absolute Gasteiger partial charge is 0.486 e. The molecule has 1 aliphatic rings. The fourth-order valence-electron chi connectivity index (χ4n) is 3.73. The molecule has 0 aliphatic carbocycles. The highest BCUT2D eigenvalue weighted by atomic mass is 16.6. The molecule has 4 rings (SSSR count). The molecule has 2 aromatic carbocycles. The van der Waals surface area contributed by atoms with E-state index in [4.69, 9.17) is 9.47 Å². The number of carbonyl (C=O) groups is 1. The minimum absolute atomic E-state index is 0.0503. The lowest BCUT2D eigenvalue weighted by atomic mass is 9.98. The van der Waals surface area contributed by atoms with Crippen molar-refractivity contribution >= 4 is 5.91 Å². The Labute approximate surface area is 176 Å². The van der Waals surface area contributed by atoms with Crippen molar-refractivity contribution in [2.75, 3.05) is 13.2 Å². The van der Waals surface area contributed by atoms with E-state index in [1.54, 1.807) is 6.20 Å². The van der Waals surface area contributed by atoms with Crippen LogP contribution in [0.2, 0.25) is 0 Å². The number of imidazole rings is 1. The lowest BCUT2D eigenvalue weighted by Crippen LogP contribution is -2.33. The Morgan fingerprint density at radius 3 is 2.63 bits per heavy atom. The van der Waals surface area contributed by atoms with Crippen LogP contribution >= 0.6 is 0 Å². The van der Waals surface area contributed by atoms with E-state index >= 15 is 0 Å². The van der Waals surface area contributed by atoms with Crippen LogP contribution in [0.25, 0.3) is 0 Å². The number of rotatable bonds is 7. The zero-order valence-electron chi connectivity index (χ0n) is 17.4. The fraction of sp³-hybridized carbons (Fsp3) is 0.333. The first kappa shape index (κ1) is 20.0. The fourth-order valence-corrected chi connectivity index (χ4v) is 3.73. The second-order valence-electron chi connectivity index (χ2n) is 7.78. The highest BCUT2D eigenvalue weighted by Crippen LogP contribution is 2.33. The van der Waals surface area contributed by atoms with Crippen molar-refractivity contribution in [2.45, 2.75) is 38.8 Å². The number of fused-ring (bicyclic) bond motifs is 1. The number of aromatic nitrogens is 2. The van der Waals surface area contributed by atoms with Crippen LogP contribution in [0.5, 0.6) is 11.5 Å². The van der Waals surface area contributed by atoms with Gasteiger partial charge in [0.1, 0.15) is 25.6 Å². The van der Waals surface area contributed by atoms with Crippen LogP contribution in [-0.2, 0) is 17.8 Å². The monoisotopic (exact) mass is 405 g/mol. The number of ether oxygens (including phenoxy) is 2. The van der Waals surface area contributed by atoms with Gasteiger partial charge in [-0.3, -0.25) is 4.79 Å². The summed E-state index contributed by atoms with van der Waals surface area (Å²) in [6.45, 7) is 5.47. The van der Waals surface area contributed by atoms with Crippen molar-refractivity contribution < 1.29 is 14.3 Å². The minimum Gasteiger partial charge on any atom is -0.486 e. The molecular weight excluding hydrogens is 378 g/mol. The first-order valence-electron chi connectivity index (χ1n) is 10.3. The van der Waals surface area contributed by atoms with Gasteiger partial charge in [0.05, 0.1) is 6.04 Å². The number of nitrogens with one attached hydrogen (secondary N) is 1. The van der Waals surface area contributed by atoms with E-state index in [2.05, 4.69) is 36.3 Å². The number of benzene rings is 2. The molecule has 1 N–H and O–H groups in total. The molecule has 1 amide bonds. The Balaban J connectivity index is 1.55. The van der Waals surface area contributed by atoms with Crippen LogP contribution in [0, 0.1) is 0 Å². The molecule has 1 aliphatic heterocycles. The summed E-state index contributed by atoms with van der Waals surface area (Å²) in [6, 6.07) is 15.9. The molecular formula is C24H27N3O3. The maximum absolute atomic E-state index is 12.9. The van der Waals surface area contributed by atoms with Crippen LogP contribution in [0.1, 0.15) is 42.8 Å². The van der Waals surface area contributed by atoms with Crippen LogP contribution < -0.4 is 14.8 Å². The molecule has 156 valence electrons. The normalized spacial score (nSPS) is 13.8. The first-order chi connectivity index (χ1) is 14.6. The average Bonchev–Trinajstić information content (AvgIpc) is 3.22. The van der Waals surface area contributed by atoms with Gasteiger partial charge in [-0.2, -0.15) is 0 Å². The van der Waals surface area contributed by atoms with E-state index in [0.29, 0.717) is 19.6 Å². The van der Waals surface area contributed by atoms with E-state index in [-0.39, 0.29) is 24.4 Å². The molecule has 1 aromatic heterocycles. The summed E-state index contributed by atoms with van der Waals surface area (Å²) in [6.07, 6.45) is 4.28. The average molecular weight is 405 g/mol. The highest BCUT2D eigenvalue weighted by Gasteiger charge is 2.20. The second-order valence-corrected chi connectivity index (χ2v) is 7.78. The van der Waals surface area contributed by atoms with Crippen molar-refractivity contribution in [3.05, 3.63) is 77.9 Å². The number of amides is 1. The van der Waals surface area contributed by atoms with Crippen LogP contribution in [0.15, 0.2) is 60.9 Å². The van der Waals surface area contributed by atoms with E-state index in [9.17, 15) is 4.79 Å². The Bertz CT molecular complexity index is 998. The summed E-state index contributed by atoms with van der Waals surface area (Å²) in [7, 11) is 0. The molecule has 0 spiro atoms. The van der Waals surface area contributed by atoms with Gasteiger partial charge in [0.25, 0.3) is 0 Å². The van der Waals surface area contributed by atoms with Gasteiger partial charge in [0.15, 0.2) is 11.5 Å². The summed E-state index contributed by atoms with van der Waals surface area (Å²) < 4.78 is 13.3. The molecule has 0 fully saturated rings. The topological polar surface area (TPSA) is 65.4 Å².